The van der Waals surface area contributed by atoms with Gasteiger partial charge in [-0.2, -0.15) is 0 Å². The molecule has 0 fully saturated rings. The number of aryl methyl sites for hydroxylation is 1. The molecule has 1 unspecified atom stereocenters. The van der Waals surface area contributed by atoms with Crippen LogP contribution in [0.4, 0.5) is 0 Å². The van der Waals surface area contributed by atoms with Crippen molar-refractivity contribution in [3.8, 4) is 5.75 Å². The lowest BCUT2D eigenvalue weighted by Gasteiger charge is -2.31. The fourth-order valence-corrected chi connectivity index (χ4v) is 3.89. The summed E-state index contributed by atoms with van der Waals surface area (Å²) >= 11 is 0. The zero-order valence-corrected chi connectivity index (χ0v) is 15.2. The summed E-state index contributed by atoms with van der Waals surface area (Å²) in [6, 6.07) is 17.2. The number of para-hydroxylation sites is 1. The molecule has 0 saturated carbocycles. The third kappa shape index (κ3) is 3.37. The fourth-order valence-electron chi connectivity index (χ4n) is 3.89. The monoisotopic (exact) mass is 347 g/mol. The molecule has 0 N–H and O–H groups in total. The predicted octanol–water partition coefficient (Wildman–Crippen LogP) is 4.28. The Labute approximate surface area is 155 Å². The van der Waals surface area contributed by atoms with E-state index in [1.807, 2.05) is 25.4 Å². The molecule has 3 aromatic rings. The largest absolute Gasteiger partial charge is 0.494 e. The van der Waals surface area contributed by atoms with Gasteiger partial charge in [0.25, 0.3) is 0 Å². The van der Waals surface area contributed by atoms with Gasteiger partial charge in [0.1, 0.15) is 5.75 Å². The standard InChI is InChI=1S/C22H25N3O/c1-2-26-21-11-4-3-9-19(21)22-20-10-6-13-24(20)14-7-15-25(22)17-18-8-5-12-23-16-18/h3-6,8-13,16,22H,2,7,14-15,17H2,1H3. The van der Waals surface area contributed by atoms with Crippen LogP contribution in [-0.2, 0) is 13.1 Å². The van der Waals surface area contributed by atoms with Gasteiger partial charge in [0.2, 0.25) is 0 Å². The maximum atomic E-state index is 5.97. The van der Waals surface area contributed by atoms with Crippen LogP contribution < -0.4 is 4.74 Å². The second kappa shape index (κ2) is 7.75. The molecule has 0 radical (unpaired) electrons. The van der Waals surface area contributed by atoms with E-state index in [4.69, 9.17) is 4.74 Å². The minimum atomic E-state index is 0.176. The Morgan fingerprint density at radius 1 is 1.08 bits per heavy atom. The highest BCUT2D eigenvalue weighted by atomic mass is 16.5. The number of aromatic nitrogens is 2. The SMILES string of the molecule is CCOc1ccccc1C1c2cccn2CCCN1Cc1cccnc1. The quantitative estimate of drug-likeness (QED) is 0.690. The zero-order valence-electron chi connectivity index (χ0n) is 15.2. The molecule has 0 amide bonds. The number of hydrogen-bond acceptors (Lipinski definition) is 3. The first-order chi connectivity index (χ1) is 12.9. The van der Waals surface area contributed by atoms with Gasteiger partial charge in [-0.15, -0.1) is 0 Å². The molecule has 0 aliphatic carbocycles. The summed E-state index contributed by atoms with van der Waals surface area (Å²) in [5.74, 6) is 0.978. The van der Waals surface area contributed by atoms with Gasteiger partial charge in [-0.3, -0.25) is 9.88 Å². The van der Waals surface area contributed by atoms with Gasteiger partial charge in [-0.05, 0) is 43.2 Å². The number of hydrogen-bond donors (Lipinski definition) is 0. The summed E-state index contributed by atoms with van der Waals surface area (Å²) in [4.78, 5) is 6.85. The Kier molecular flexibility index (Phi) is 5.02. The Morgan fingerprint density at radius 2 is 2.00 bits per heavy atom. The van der Waals surface area contributed by atoms with E-state index in [1.54, 1.807) is 0 Å². The van der Waals surface area contributed by atoms with E-state index in [0.717, 1.165) is 31.8 Å². The van der Waals surface area contributed by atoms with Crippen molar-refractivity contribution in [1.82, 2.24) is 14.5 Å². The summed E-state index contributed by atoms with van der Waals surface area (Å²) in [5, 5.41) is 0. The lowest BCUT2D eigenvalue weighted by atomic mass is 10.00. The second-order valence-electron chi connectivity index (χ2n) is 6.69. The van der Waals surface area contributed by atoms with Gasteiger partial charge < -0.3 is 9.30 Å². The van der Waals surface area contributed by atoms with Gasteiger partial charge in [0.15, 0.2) is 0 Å². The number of fused-ring (bicyclic) bond motifs is 1. The van der Waals surface area contributed by atoms with E-state index >= 15 is 0 Å². The van der Waals surface area contributed by atoms with Gasteiger partial charge in [-0.1, -0.05) is 24.3 Å². The minimum Gasteiger partial charge on any atom is -0.494 e. The molecule has 3 heterocycles. The lowest BCUT2D eigenvalue weighted by Crippen LogP contribution is -2.30. The molecule has 4 heteroatoms. The molecule has 26 heavy (non-hydrogen) atoms. The molecule has 0 bridgehead atoms. The Morgan fingerprint density at radius 3 is 2.85 bits per heavy atom. The van der Waals surface area contributed by atoms with Crippen LogP contribution in [0.3, 0.4) is 0 Å². The van der Waals surface area contributed by atoms with Crippen molar-refractivity contribution in [3.63, 3.8) is 0 Å². The number of rotatable bonds is 5. The molecular weight excluding hydrogens is 322 g/mol. The average molecular weight is 347 g/mol. The van der Waals surface area contributed by atoms with Crippen molar-refractivity contribution in [2.24, 2.45) is 0 Å². The van der Waals surface area contributed by atoms with Gasteiger partial charge in [-0.25, -0.2) is 0 Å². The van der Waals surface area contributed by atoms with Crippen LogP contribution in [0, 0.1) is 0 Å². The first kappa shape index (κ1) is 16.9. The highest BCUT2D eigenvalue weighted by Crippen LogP contribution is 2.37. The zero-order chi connectivity index (χ0) is 17.8. The molecule has 1 aliphatic heterocycles. The van der Waals surface area contributed by atoms with Crippen LogP contribution >= 0.6 is 0 Å². The molecular formula is C22H25N3O. The first-order valence-electron chi connectivity index (χ1n) is 9.36. The van der Waals surface area contributed by atoms with Crippen molar-refractivity contribution >= 4 is 0 Å². The van der Waals surface area contributed by atoms with E-state index in [1.165, 1.54) is 16.8 Å². The Balaban J connectivity index is 1.77. The van der Waals surface area contributed by atoms with Crippen LogP contribution in [-0.4, -0.2) is 27.6 Å². The maximum absolute atomic E-state index is 5.97. The van der Waals surface area contributed by atoms with Crippen molar-refractivity contribution < 1.29 is 4.74 Å². The maximum Gasteiger partial charge on any atom is 0.124 e. The van der Waals surface area contributed by atoms with E-state index in [-0.39, 0.29) is 6.04 Å². The number of benzene rings is 1. The topological polar surface area (TPSA) is 30.3 Å². The highest BCUT2D eigenvalue weighted by molar-refractivity contribution is 5.41. The summed E-state index contributed by atoms with van der Waals surface area (Å²) in [6.07, 6.45) is 7.13. The third-order valence-electron chi connectivity index (χ3n) is 4.98. The van der Waals surface area contributed by atoms with Crippen LogP contribution in [0.5, 0.6) is 5.75 Å². The third-order valence-corrected chi connectivity index (χ3v) is 4.98. The van der Waals surface area contributed by atoms with Crippen molar-refractivity contribution in [2.45, 2.75) is 32.5 Å². The fraction of sp³-hybridized carbons (Fsp3) is 0.318. The van der Waals surface area contributed by atoms with Crippen LogP contribution in [0.1, 0.15) is 36.2 Å². The van der Waals surface area contributed by atoms with E-state index in [0.29, 0.717) is 6.61 Å². The summed E-state index contributed by atoms with van der Waals surface area (Å²) < 4.78 is 8.36. The number of pyridine rings is 1. The van der Waals surface area contributed by atoms with Crippen LogP contribution in [0.2, 0.25) is 0 Å². The van der Waals surface area contributed by atoms with Gasteiger partial charge in [0.05, 0.1) is 12.6 Å². The average Bonchev–Trinajstić information content (AvgIpc) is 3.06. The van der Waals surface area contributed by atoms with E-state index in [9.17, 15) is 0 Å². The smallest absolute Gasteiger partial charge is 0.124 e. The molecule has 0 spiro atoms. The van der Waals surface area contributed by atoms with Crippen molar-refractivity contribution in [3.05, 3.63) is 83.9 Å². The summed E-state index contributed by atoms with van der Waals surface area (Å²) in [5.41, 5.74) is 3.81. The van der Waals surface area contributed by atoms with Crippen LogP contribution in [0.15, 0.2) is 67.1 Å². The minimum absolute atomic E-state index is 0.176. The molecule has 1 aromatic carbocycles. The molecule has 1 atom stereocenters. The van der Waals surface area contributed by atoms with E-state index < -0.39 is 0 Å². The molecule has 4 rings (SSSR count). The van der Waals surface area contributed by atoms with Crippen LogP contribution in [0.25, 0.3) is 0 Å². The first-order valence-corrected chi connectivity index (χ1v) is 9.36. The molecule has 2 aromatic heterocycles. The van der Waals surface area contributed by atoms with Crippen molar-refractivity contribution in [1.29, 1.82) is 0 Å². The Hall–Kier alpha value is -2.59. The molecule has 4 nitrogen and oxygen atoms in total. The van der Waals surface area contributed by atoms with E-state index in [2.05, 4.69) is 63.1 Å². The predicted molar refractivity (Wildman–Crippen MR) is 103 cm³/mol. The summed E-state index contributed by atoms with van der Waals surface area (Å²) in [6.45, 7) is 5.69. The van der Waals surface area contributed by atoms with Crippen molar-refractivity contribution in [2.75, 3.05) is 13.2 Å². The lowest BCUT2D eigenvalue weighted by molar-refractivity contribution is 0.214. The highest BCUT2D eigenvalue weighted by Gasteiger charge is 2.29. The molecule has 0 saturated heterocycles. The number of nitrogens with zero attached hydrogens (tertiary/aromatic N) is 3. The number of ether oxygens (including phenoxy) is 1. The molecule has 1 aliphatic rings. The second-order valence-corrected chi connectivity index (χ2v) is 6.69. The van der Waals surface area contributed by atoms with Gasteiger partial charge in [0, 0.05) is 49.5 Å². The molecule has 134 valence electrons. The van der Waals surface area contributed by atoms with Gasteiger partial charge >= 0.3 is 0 Å². The normalized spacial score (nSPS) is 17.5. The Bertz CT molecular complexity index is 843. The summed E-state index contributed by atoms with van der Waals surface area (Å²) in [7, 11) is 0.